The molecule has 1 aliphatic carbocycles. The molecule has 2 amide bonds. The Morgan fingerprint density at radius 3 is 2.50 bits per heavy atom. The van der Waals surface area contributed by atoms with Crippen molar-refractivity contribution < 1.29 is 18.0 Å². The molecule has 1 heterocycles. The van der Waals surface area contributed by atoms with Crippen molar-refractivity contribution >= 4 is 21.8 Å². The zero-order chi connectivity index (χ0) is 11.9. The molecule has 0 spiro atoms. The summed E-state index contributed by atoms with van der Waals surface area (Å²) in [5, 5.41) is 2.72. The summed E-state index contributed by atoms with van der Waals surface area (Å²) >= 11 is 0. The lowest BCUT2D eigenvalue weighted by atomic mass is 10.2. The van der Waals surface area contributed by atoms with Gasteiger partial charge in [-0.25, -0.2) is 12.7 Å². The molecule has 1 saturated carbocycles. The van der Waals surface area contributed by atoms with Gasteiger partial charge in [0.15, 0.2) is 0 Å². The smallest absolute Gasteiger partial charge is 0.244 e. The van der Waals surface area contributed by atoms with Gasteiger partial charge in [-0.05, 0) is 19.3 Å². The third-order valence-corrected chi connectivity index (χ3v) is 3.92. The molecule has 1 atom stereocenters. The van der Waals surface area contributed by atoms with Crippen LogP contribution in [0.4, 0.5) is 0 Å². The van der Waals surface area contributed by atoms with Crippen molar-refractivity contribution in [3.8, 4) is 0 Å². The first-order valence-electron chi connectivity index (χ1n) is 5.22. The van der Waals surface area contributed by atoms with Crippen LogP contribution in [-0.2, 0) is 19.6 Å². The van der Waals surface area contributed by atoms with Crippen LogP contribution in [-0.4, -0.2) is 42.9 Å². The van der Waals surface area contributed by atoms with Gasteiger partial charge in [0.05, 0.1) is 6.26 Å². The average molecular weight is 246 g/mol. The number of carbonyl (C=O) groups is 2. The summed E-state index contributed by atoms with van der Waals surface area (Å²) < 4.78 is 23.5. The van der Waals surface area contributed by atoms with E-state index >= 15 is 0 Å². The van der Waals surface area contributed by atoms with Crippen LogP contribution in [0.1, 0.15) is 25.7 Å². The number of hydrogen-bond donors (Lipinski definition) is 1. The van der Waals surface area contributed by atoms with E-state index in [0.29, 0.717) is 4.31 Å². The van der Waals surface area contributed by atoms with E-state index in [-0.39, 0.29) is 24.8 Å². The Bertz CT molecular complexity index is 427. The molecule has 1 saturated heterocycles. The van der Waals surface area contributed by atoms with Gasteiger partial charge in [0, 0.05) is 12.5 Å². The van der Waals surface area contributed by atoms with Gasteiger partial charge in [-0.3, -0.25) is 9.59 Å². The maximum atomic E-state index is 11.7. The van der Waals surface area contributed by atoms with Crippen LogP contribution < -0.4 is 5.32 Å². The second-order valence-corrected chi connectivity index (χ2v) is 6.15. The van der Waals surface area contributed by atoms with Gasteiger partial charge in [-0.15, -0.1) is 0 Å². The normalized spacial score (nSPS) is 25.9. The van der Waals surface area contributed by atoms with E-state index in [1.54, 1.807) is 0 Å². The minimum Gasteiger partial charge on any atom is -0.352 e. The number of sulfonamides is 1. The number of nitrogens with one attached hydrogen (secondary N) is 1. The maximum absolute atomic E-state index is 11.7. The Morgan fingerprint density at radius 2 is 2.00 bits per heavy atom. The molecule has 1 aliphatic heterocycles. The molecule has 0 radical (unpaired) electrons. The van der Waals surface area contributed by atoms with E-state index in [9.17, 15) is 18.0 Å². The molecule has 0 bridgehead atoms. The molecule has 1 N–H and O–H groups in total. The van der Waals surface area contributed by atoms with Crippen molar-refractivity contribution in [3.05, 3.63) is 0 Å². The predicted octanol–water partition coefficient (Wildman–Crippen LogP) is -0.784. The van der Waals surface area contributed by atoms with Crippen molar-refractivity contribution in [3.63, 3.8) is 0 Å². The standard InChI is InChI=1S/C9H14N2O4S/c1-16(14,15)11-7(4-5-8(11)12)9(13)10-6-2-3-6/h6-7H,2-5H2,1H3,(H,10,13). The lowest BCUT2D eigenvalue weighted by molar-refractivity contribution is -0.130. The molecular weight excluding hydrogens is 232 g/mol. The second-order valence-electron chi connectivity index (χ2n) is 4.29. The highest BCUT2D eigenvalue weighted by Gasteiger charge is 2.42. The van der Waals surface area contributed by atoms with Gasteiger partial charge in [0.2, 0.25) is 21.8 Å². The highest BCUT2D eigenvalue weighted by atomic mass is 32.2. The minimum absolute atomic E-state index is 0.121. The van der Waals surface area contributed by atoms with Crippen LogP contribution >= 0.6 is 0 Å². The number of nitrogens with zero attached hydrogens (tertiary/aromatic N) is 1. The Morgan fingerprint density at radius 1 is 1.38 bits per heavy atom. The Hall–Kier alpha value is -1.11. The Balaban J connectivity index is 2.13. The van der Waals surface area contributed by atoms with E-state index in [0.717, 1.165) is 19.1 Å². The molecule has 2 rings (SSSR count). The number of carbonyl (C=O) groups excluding carboxylic acids is 2. The van der Waals surface area contributed by atoms with E-state index < -0.39 is 22.0 Å². The minimum atomic E-state index is -3.64. The van der Waals surface area contributed by atoms with E-state index in [2.05, 4.69) is 5.32 Å². The van der Waals surface area contributed by atoms with Crippen molar-refractivity contribution in [1.82, 2.24) is 9.62 Å². The van der Waals surface area contributed by atoms with Crippen LogP contribution in [0.15, 0.2) is 0 Å². The fourth-order valence-electron chi connectivity index (χ4n) is 1.84. The first-order valence-corrected chi connectivity index (χ1v) is 7.07. The first-order chi connectivity index (χ1) is 7.39. The summed E-state index contributed by atoms with van der Waals surface area (Å²) in [5.74, 6) is -0.836. The van der Waals surface area contributed by atoms with Gasteiger partial charge in [-0.1, -0.05) is 0 Å². The molecule has 16 heavy (non-hydrogen) atoms. The highest BCUT2D eigenvalue weighted by molar-refractivity contribution is 7.89. The maximum Gasteiger partial charge on any atom is 0.244 e. The van der Waals surface area contributed by atoms with Gasteiger partial charge >= 0.3 is 0 Å². The summed E-state index contributed by atoms with van der Waals surface area (Å²) in [5.41, 5.74) is 0. The SMILES string of the molecule is CS(=O)(=O)N1C(=O)CCC1C(=O)NC1CC1. The quantitative estimate of drug-likeness (QED) is 0.707. The van der Waals surface area contributed by atoms with Crippen LogP contribution in [0.2, 0.25) is 0 Å². The van der Waals surface area contributed by atoms with Gasteiger partial charge in [0.1, 0.15) is 6.04 Å². The van der Waals surface area contributed by atoms with Crippen LogP contribution in [0.3, 0.4) is 0 Å². The molecule has 0 aromatic carbocycles. The molecule has 7 heteroatoms. The zero-order valence-corrected chi connectivity index (χ0v) is 9.79. The second kappa shape index (κ2) is 3.73. The molecule has 6 nitrogen and oxygen atoms in total. The van der Waals surface area contributed by atoms with Crippen LogP contribution in [0.25, 0.3) is 0 Å². The van der Waals surface area contributed by atoms with E-state index in [4.69, 9.17) is 0 Å². The Labute approximate surface area is 94.0 Å². The average Bonchev–Trinajstić information content (AvgIpc) is 2.84. The summed E-state index contributed by atoms with van der Waals surface area (Å²) in [7, 11) is -3.64. The third-order valence-electron chi connectivity index (χ3n) is 2.74. The van der Waals surface area contributed by atoms with Crippen molar-refractivity contribution in [2.45, 2.75) is 37.8 Å². The summed E-state index contributed by atoms with van der Waals surface area (Å²) in [6.07, 6.45) is 3.23. The fraction of sp³-hybridized carbons (Fsp3) is 0.778. The molecular formula is C9H14N2O4S. The molecule has 2 fully saturated rings. The lowest BCUT2D eigenvalue weighted by Gasteiger charge is -2.21. The molecule has 2 aliphatic rings. The third kappa shape index (κ3) is 2.18. The topological polar surface area (TPSA) is 83.6 Å². The largest absolute Gasteiger partial charge is 0.352 e. The van der Waals surface area contributed by atoms with Gasteiger partial charge < -0.3 is 5.32 Å². The summed E-state index contributed by atoms with van der Waals surface area (Å²) in [6.45, 7) is 0. The van der Waals surface area contributed by atoms with Crippen molar-refractivity contribution in [2.24, 2.45) is 0 Å². The fourth-order valence-corrected chi connectivity index (χ4v) is 2.96. The number of amides is 2. The highest BCUT2D eigenvalue weighted by Crippen LogP contribution is 2.24. The van der Waals surface area contributed by atoms with Gasteiger partial charge in [0.25, 0.3) is 0 Å². The number of rotatable bonds is 3. The molecule has 0 aromatic heterocycles. The molecule has 1 unspecified atom stereocenters. The Kier molecular flexibility index (Phi) is 2.65. The van der Waals surface area contributed by atoms with Crippen LogP contribution in [0, 0.1) is 0 Å². The summed E-state index contributed by atoms with van der Waals surface area (Å²) in [6, 6.07) is -0.673. The van der Waals surface area contributed by atoms with Crippen LogP contribution in [0.5, 0.6) is 0 Å². The van der Waals surface area contributed by atoms with E-state index in [1.165, 1.54) is 0 Å². The zero-order valence-electron chi connectivity index (χ0n) is 8.97. The molecule has 90 valence electrons. The number of hydrogen-bond acceptors (Lipinski definition) is 4. The molecule has 0 aromatic rings. The lowest BCUT2D eigenvalue weighted by Crippen LogP contribution is -2.47. The van der Waals surface area contributed by atoms with Gasteiger partial charge in [-0.2, -0.15) is 0 Å². The predicted molar refractivity (Wildman–Crippen MR) is 55.9 cm³/mol. The first kappa shape index (κ1) is 11.4. The van der Waals surface area contributed by atoms with Crippen molar-refractivity contribution in [1.29, 1.82) is 0 Å². The van der Waals surface area contributed by atoms with Crippen molar-refractivity contribution in [2.75, 3.05) is 6.26 Å². The monoisotopic (exact) mass is 246 g/mol. The van der Waals surface area contributed by atoms with E-state index in [1.807, 2.05) is 0 Å². The summed E-state index contributed by atoms with van der Waals surface area (Å²) in [4.78, 5) is 23.1.